The van der Waals surface area contributed by atoms with E-state index in [4.69, 9.17) is 0 Å². The van der Waals surface area contributed by atoms with Gasteiger partial charge in [0, 0.05) is 76.6 Å². The number of fused-ring (bicyclic) bond motifs is 20. The minimum atomic E-state index is 1.12. The Hall–Kier alpha value is -6.78. The predicted molar refractivity (Wildman–Crippen MR) is 233 cm³/mol. The number of aryl methyl sites for hydroxylation is 4. The van der Waals surface area contributed by atoms with E-state index in [-0.39, 0.29) is 0 Å². The van der Waals surface area contributed by atoms with Crippen molar-refractivity contribution in [1.29, 1.82) is 0 Å². The Balaban J connectivity index is 1.15. The van der Waals surface area contributed by atoms with E-state index >= 15 is 0 Å². The zero-order valence-corrected chi connectivity index (χ0v) is 30.7. The highest BCUT2D eigenvalue weighted by Gasteiger charge is 2.32. The predicted octanol–water partition coefficient (Wildman–Crippen LogP) is 12.9. The van der Waals surface area contributed by atoms with E-state index in [9.17, 15) is 0 Å². The molecule has 0 fully saturated rings. The van der Waals surface area contributed by atoms with Gasteiger partial charge >= 0.3 is 0 Å². The molecule has 6 aromatic heterocycles. The van der Waals surface area contributed by atoms with Crippen LogP contribution in [0.3, 0.4) is 0 Å². The van der Waals surface area contributed by atoms with Crippen LogP contribution < -0.4 is 0 Å². The molecule has 13 aromatic rings. The molecular weight excluding hydrogens is 681 g/mol. The van der Waals surface area contributed by atoms with Crippen LogP contribution >= 0.6 is 0 Å². The molecule has 0 aliphatic heterocycles. The molecule has 0 saturated carbocycles. The zero-order chi connectivity index (χ0) is 36.0. The molecule has 4 heteroatoms. The van der Waals surface area contributed by atoms with E-state index in [1.165, 1.54) is 134 Å². The lowest BCUT2D eigenvalue weighted by atomic mass is 10.00. The van der Waals surface area contributed by atoms with Crippen molar-refractivity contribution in [1.82, 2.24) is 17.9 Å². The number of hydrogen-bond donors (Lipinski definition) is 0. The third-order valence-corrected chi connectivity index (χ3v) is 14.0. The average molecular weight is 715 g/mol. The molecule has 2 aliphatic carbocycles. The van der Waals surface area contributed by atoms with E-state index in [0.29, 0.717) is 0 Å². The highest BCUT2D eigenvalue weighted by Crippen LogP contribution is 2.51. The van der Waals surface area contributed by atoms with E-state index in [0.717, 1.165) is 25.7 Å². The monoisotopic (exact) mass is 714 g/mol. The van der Waals surface area contributed by atoms with Gasteiger partial charge in [-0.05, 0) is 110 Å². The van der Waals surface area contributed by atoms with E-state index in [2.05, 4.69) is 151 Å². The van der Waals surface area contributed by atoms with Crippen molar-refractivity contribution < 1.29 is 0 Å². The summed E-state index contributed by atoms with van der Waals surface area (Å²) in [4.78, 5) is 0. The van der Waals surface area contributed by atoms with Crippen molar-refractivity contribution in [3.05, 3.63) is 156 Å². The summed E-state index contributed by atoms with van der Waals surface area (Å²) < 4.78 is 10.5. The Labute approximate surface area is 320 Å². The fourth-order valence-corrected chi connectivity index (χ4v) is 12.0. The van der Waals surface area contributed by atoms with Crippen LogP contribution in [0.25, 0.3) is 109 Å². The number of benzene rings is 7. The van der Waals surface area contributed by atoms with Gasteiger partial charge in [0.1, 0.15) is 0 Å². The van der Waals surface area contributed by atoms with Crippen molar-refractivity contribution in [3.8, 4) is 11.4 Å². The summed E-state index contributed by atoms with van der Waals surface area (Å²) in [5.41, 5.74) is 19.4. The minimum absolute atomic E-state index is 1.12. The van der Waals surface area contributed by atoms with Gasteiger partial charge in [-0.15, -0.1) is 0 Å². The normalized spacial score (nSPS) is 14.7. The van der Waals surface area contributed by atoms with Crippen LogP contribution in [0.4, 0.5) is 0 Å². The van der Waals surface area contributed by atoms with Crippen LogP contribution in [0, 0.1) is 0 Å². The van der Waals surface area contributed by atoms with Gasteiger partial charge in [-0.3, -0.25) is 0 Å². The molecule has 0 bridgehead atoms. The second-order valence-electron chi connectivity index (χ2n) is 16.6. The van der Waals surface area contributed by atoms with Crippen LogP contribution in [-0.2, 0) is 25.7 Å². The summed E-state index contributed by atoms with van der Waals surface area (Å²) in [5, 5.41) is 13.8. The Morgan fingerprint density at radius 3 is 1.21 bits per heavy atom. The van der Waals surface area contributed by atoms with Crippen molar-refractivity contribution in [3.63, 3.8) is 0 Å². The van der Waals surface area contributed by atoms with Gasteiger partial charge < -0.3 is 17.9 Å². The lowest BCUT2D eigenvalue weighted by Crippen LogP contribution is -1.94. The first-order valence-electron chi connectivity index (χ1n) is 20.4. The average Bonchev–Trinajstić information content (AvgIpc) is 4.11. The van der Waals surface area contributed by atoms with Crippen molar-refractivity contribution >= 4 is 98.0 Å². The molecule has 0 atom stereocenters. The van der Waals surface area contributed by atoms with Crippen molar-refractivity contribution in [2.75, 3.05) is 0 Å². The van der Waals surface area contributed by atoms with Crippen LogP contribution in [0.15, 0.2) is 133 Å². The van der Waals surface area contributed by atoms with Gasteiger partial charge in [0.25, 0.3) is 0 Å². The third-order valence-electron chi connectivity index (χ3n) is 14.0. The fourth-order valence-electron chi connectivity index (χ4n) is 12.0. The Bertz CT molecular complexity index is 3600. The van der Waals surface area contributed by atoms with Crippen LogP contribution in [0.5, 0.6) is 0 Å². The fraction of sp³-hybridized carbons (Fsp3) is 0.115. The Morgan fingerprint density at radius 2 is 0.732 bits per heavy atom. The summed E-state index contributed by atoms with van der Waals surface area (Å²) >= 11 is 0. The van der Waals surface area contributed by atoms with E-state index in [1.807, 2.05) is 0 Å². The molecule has 0 N–H and O–H groups in total. The summed E-state index contributed by atoms with van der Waals surface area (Å²) in [6.07, 6.45) is 6.93. The molecule has 0 spiro atoms. The maximum Gasteiger partial charge on any atom is 0.0638 e. The quantitative estimate of drug-likeness (QED) is 0.170. The number of rotatable bonds is 2. The number of aromatic nitrogens is 4. The van der Waals surface area contributed by atoms with Crippen LogP contribution in [0.1, 0.15) is 35.4 Å². The smallest absolute Gasteiger partial charge is 0.0638 e. The first-order valence-corrected chi connectivity index (χ1v) is 20.4. The topological polar surface area (TPSA) is 18.7 Å². The third kappa shape index (κ3) is 3.14. The molecule has 6 heterocycles. The molecule has 0 amide bonds. The Morgan fingerprint density at radius 1 is 0.321 bits per heavy atom. The summed E-state index contributed by atoms with van der Waals surface area (Å²) in [7, 11) is 0. The largest absolute Gasteiger partial charge is 0.312 e. The second kappa shape index (κ2) is 9.71. The first kappa shape index (κ1) is 28.6. The number of nitrogens with zero attached hydrogens (tertiary/aromatic N) is 4. The maximum absolute atomic E-state index is 2.70. The maximum atomic E-state index is 2.70. The molecule has 2 aliphatic rings. The SMILES string of the molecule is c1ccc(-n2c3ccccc3c3cc4c5cc6c7cc8c9ccccc9n(-c9ccccc9)c8c8c9c(n(c6cc5n5c6c(c(c32)c45)CCC6)c78)CCC9)cc1. The molecular formula is C52H34N4. The molecule has 262 valence electrons. The summed E-state index contributed by atoms with van der Waals surface area (Å²) in [6.45, 7) is 0. The minimum Gasteiger partial charge on any atom is -0.312 e. The lowest BCUT2D eigenvalue weighted by Gasteiger charge is -2.10. The number of para-hydroxylation sites is 4. The first-order chi connectivity index (χ1) is 27.8. The van der Waals surface area contributed by atoms with E-state index < -0.39 is 0 Å². The summed E-state index contributed by atoms with van der Waals surface area (Å²) in [6, 6.07) is 50.4. The van der Waals surface area contributed by atoms with Gasteiger partial charge in [-0.25, -0.2) is 0 Å². The molecule has 56 heavy (non-hydrogen) atoms. The molecule has 4 nitrogen and oxygen atoms in total. The highest BCUT2D eigenvalue weighted by molar-refractivity contribution is 6.33. The van der Waals surface area contributed by atoms with Crippen molar-refractivity contribution in [2.24, 2.45) is 0 Å². The number of hydrogen-bond acceptors (Lipinski definition) is 0. The molecule has 0 saturated heterocycles. The van der Waals surface area contributed by atoms with Gasteiger partial charge in [-0.1, -0.05) is 72.8 Å². The molecule has 7 aromatic carbocycles. The molecule has 0 unspecified atom stereocenters. The van der Waals surface area contributed by atoms with Crippen molar-refractivity contribution in [2.45, 2.75) is 38.5 Å². The second-order valence-corrected chi connectivity index (χ2v) is 16.6. The highest BCUT2D eigenvalue weighted by atomic mass is 15.0. The summed E-state index contributed by atoms with van der Waals surface area (Å²) in [5.74, 6) is 0. The van der Waals surface area contributed by atoms with E-state index in [1.54, 1.807) is 11.1 Å². The van der Waals surface area contributed by atoms with Gasteiger partial charge in [-0.2, -0.15) is 0 Å². The van der Waals surface area contributed by atoms with Gasteiger partial charge in [0.05, 0.1) is 44.1 Å². The zero-order valence-electron chi connectivity index (χ0n) is 30.7. The van der Waals surface area contributed by atoms with Crippen LogP contribution in [-0.4, -0.2) is 17.9 Å². The van der Waals surface area contributed by atoms with Crippen LogP contribution in [0.2, 0.25) is 0 Å². The Kier molecular flexibility index (Phi) is 4.97. The lowest BCUT2D eigenvalue weighted by molar-refractivity contribution is 0.889. The standard InChI is InChI=1S/C52H34N4/c1-3-13-29(14-4-1)53-41-21-9-7-17-31(41)37-26-39-35-25-36-40-27-38-32-18-8-10-22-42(32)54(30-15-5-2-6-16-30)50(38)48-34-20-12-24-44(34)56(52(40)48)46(36)28-45(35)55-43-23-11-19-33(43)47(49(37)53)51(39)55/h1-10,13-18,21-22,25-28H,11-12,19-20,23-24H2. The van der Waals surface area contributed by atoms with Gasteiger partial charge in [0.2, 0.25) is 0 Å². The molecule has 0 radical (unpaired) electrons. The molecule has 15 rings (SSSR count). The van der Waals surface area contributed by atoms with Gasteiger partial charge in [0.15, 0.2) is 0 Å².